The summed E-state index contributed by atoms with van der Waals surface area (Å²) in [6, 6.07) is 0. The molecule has 0 N–H and O–H groups in total. The van der Waals surface area contributed by atoms with E-state index in [0.29, 0.717) is 18.6 Å². The maximum atomic E-state index is 13.0. The predicted octanol–water partition coefficient (Wildman–Crippen LogP) is 1.64. The van der Waals surface area contributed by atoms with E-state index in [1.807, 2.05) is 0 Å². The highest BCUT2D eigenvalue weighted by atomic mass is 32.2. The van der Waals surface area contributed by atoms with Crippen LogP contribution in [-0.4, -0.2) is 30.8 Å². The Labute approximate surface area is 75.9 Å². The molecule has 1 aliphatic rings. The van der Waals surface area contributed by atoms with Crippen molar-refractivity contribution < 1.29 is 13.9 Å². The number of halogens is 1. The van der Waals surface area contributed by atoms with Gasteiger partial charge in [-0.2, -0.15) is 11.8 Å². The van der Waals surface area contributed by atoms with Crippen LogP contribution >= 0.6 is 11.8 Å². The topological polar surface area (TPSA) is 26.3 Å². The first-order chi connectivity index (χ1) is 5.74. The van der Waals surface area contributed by atoms with E-state index in [4.69, 9.17) is 0 Å². The van der Waals surface area contributed by atoms with Crippen molar-refractivity contribution in [1.82, 2.24) is 0 Å². The summed E-state index contributed by atoms with van der Waals surface area (Å²) in [5.41, 5.74) is 0. The molecule has 0 amide bonds. The molecule has 1 fully saturated rings. The molecule has 2 nitrogen and oxygen atoms in total. The Morgan fingerprint density at radius 3 is 2.92 bits per heavy atom. The third-order valence-corrected chi connectivity index (χ3v) is 3.29. The van der Waals surface area contributed by atoms with Crippen LogP contribution in [0, 0.1) is 5.92 Å². The largest absolute Gasteiger partial charge is 0.469 e. The molecule has 1 saturated heterocycles. The van der Waals surface area contributed by atoms with Gasteiger partial charge in [0.2, 0.25) is 0 Å². The summed E-state index contributed by atoms with van der Waals surface area (Å²) in [7, 11) is 1.36. The number of methoxy groups -OCH3 is 1. The average molecular weight is 192 g/mol. The van der Waals surface area contributed by atoms with E-state index in [1.165, 1.54) is 7.11 Å². The molecular formula is C8H13FO2S. The van der Waals surface area contributed by atoms with Gasteiger partial charge in [0.25, 0.3) is 0 Å². The van der Waals surface area contributed by atoms with Gasteiger partial charge in [0, 0.05) is 18.1 Å². The minimum absolute atomic E-state index is 0.0640. The standard InChI is InChI=1S/C8H13FO2S/c1-11-8(10)3-2-6-4-12-5-7(6)9/h6-7H,2-5H2,1H3/t6-,7-/m1/s1. The fourth-order valence-electron chi connectivity index (χ4n) is 1.24. The smallest absolute Gasteiger partial charge is 0.305 e. The number of alkyl halides is 1. The van der Waals surface area contributed by atoms with E-state index in [9.17, 15) is 9.18 Å². The molecule has 0 spiro atoms. The van der Waals surface area contributed by atoms with Crippen LogP contribution in [0.3, 0.4) is 0 Å². The summed E-state index contributed by atoms with van der Waals surface area (Å²) in [5, 5.41) is 0. The van der Waals surface area contributed by atoms with Gasteiger partial charge in [0.15, 0.2) is 0 Å². The highest BCUT2D eigenvalue weighted by molar-refractivity contribution is 7.99. The molecule has 0 aliphatic carbocycles. The second kappa shape index (κ2) is 4.70. The maximum absolute atomic E-state index is 13.0. The van der Waals surface area contributed by atoms with Gasteiger partial charge in [-0.3, -0.25) is 4.79 Å². The first kappa shape index (κ1) is 9.84. The zero-order chi connectivity index (χ0) is 8.97. The average Bonchev–Trinajstić information content (AvgIpc) is 2.47. The van der Waals surface area contributed by atoms with Crippen LogP contribution in [0.15, 0.2) is 0 Å². The van der Waals surface area contributed by atoms with E-state index >= 15 is 0 Å². The Kier molecular flexibility index (Phi) is 3.85. The van der Waals surface area contributed by atoms with Gasteiger partial charge in [0.1, 0.15) is 6.17 Å². The van der Waals surface area contributed by atoms with Crippen molar-refractivity contribution in [3.05, 3.63) is 0 Å². The summed E-state index contributed by atoms with van der Waals surface area (Å²) < 4.78 is 17.4. The number of hydrogen-bond acceptors (Lipinski definition) is 3. The Morgan fingerprint density at radius 2 is 2.42 bits per heavy atom. The minimum atomic E-state index is -0.723. The van der Waals surface area contributed by atoms with E-state index in [1.54, 1.807) is 11.8 Å². The molecule has 0 radical (unpaired) electrons. The second-order valence-corrected chi connectivity index (χ2v) is 4.00. The normalized spacial score (nSPS) is 28.8. The van der Waals surface area contributed by atoms with Crippen molar-refractivity contribution in [2.24, 2.45) is 5.92 Å². The highest BCUT2D eigenvalue weighted by Gasteiger charge is 2.27. The summed E-state index contributed by atoms with van der Waals surface area (Å²) in [5.74, 6) is 1.26. The van der Waals surface area contributed by atoms with Crippen molar-refractivity contribution in [3.8, 4) is 0 Å². The van der Waals surface area contributed by atoms with Crippen LogP contribution in [0.2, 0.25) is 0 Å². The zero-order valence-electron chi connectivity index (χ0n) is 7.09. The molecule has 0 saturated carbocycles. The number of rotatable bonds is 3. The number of esters is 1. The molecule has 70 valence electrons. The van der Waals surface area contributed by atoms with Crippen molar-refractivity contribution in [2.75, 3.05) is 18.6 Å². The van der Waals surface area contributed by atoms with Crippen LogP contribution in [0.5, 0.6) is 0 Å². The van der Waals surface area contributed by atoms with E-state index in [2.05, 4.69) is 4.74 Å². The minimum Gasteiger partial charge on any atom is -0.469 e. The molecule has 1 heterocycles. The lowest BCUT2D eigenvalue weighted by Gasteiger charge is -2.09. The van der Waals surface area contributed by atoms with Gasteiger partial charge in [-0.05, 0) is 12.2 Å². The van der Waals surface area contributed by atoms with Crippen LogP contribution in [-0.2, 0) is 9.53 Å². The van der Waals surface area contributed by atoms with Gasteiger partial charge >= 0.3 is 5.97 Å². The fraction of sp³-hybridized carbons (Fsp3) is 0.875. The molecular weight excluding hydrogens is 179 g/mol. The first-order valence-electron chi connectivity index (χ1n) is 4.02. The molecule has 1 rings (SSSR count). The summed E-state index contributed by atoms with van der Waals surface area (Å²) in [4.78, 5) is 10.7. The third-order valence-electron chi connectivity index (χ3n) is 2.07. The Morgan fingerprint density at radius 1 is 1.67 bits per heavy atom. The Hall–Kier alpha value is -0.250. The van der Waals surface area contributed by atoms with Gasteiger partial charge in [0.05, 0.1) is 7.11 Å². The van der Waals surface area contributed by atoms with Crippen molar-refractivity contribution in [3.63, 3.8) is 0 Å². The predicted molar refractivity (Wildman–Crippen MR) is 47.0 cm³/mol. The number of carbonyl (C=O) groups is 1. The lowest BCUT2D eigenvalue weighted by atomic mass is 10.0. The van der Waals surface area contributed by atoms with E-state index < -0.39 is 6.17 Å². The van der Waals surface area contributed by atoms with Gasteiger partial charge in [-0.1, -0.05) is 0 Å². The number of hydrogen-bond donors (Lipinski definition) is 0. The van der Waals surface area contributed by atoms with E-state index in [-0.39, 0.29) is 11.9 Å². The Balaban J connectivity index is 2.18. The monoisotopic (exact) mass is 192 g/mol. The van der Waals surface area contributed by atoms with Gasteiger partial charge < -0.3 is 4.74 Å². The van der Waals surface area contributed by atoms with Crippen LogP contribution in [0.4, 0.5) is 4.39 Å². The second-order valence-electron chi connectivity index (χ2n) is 2.93. The molecule has 0 aromatic carbocycles. The van der Waals surface area contributed by atoms with Gasteiger partial charge in [-0.15, -0.1) is 0 Å². The van der Waals surface area contributed by atoms with Crippen LogP contribution in [0.1, 0.15) is 12.8 Å². The van der Waals surface area contributed by atoms with Crippen molar-refractivity contribution >= 4 is 17.7 Å². The van der Waals surface area contributed by atoms with Crippen molar-refractivity contribution in [1.29, 1.82) is 0 Å². The molecule has 1 aliphatic heterocycles. The first-order valence-corrected chi connectivity index (χ1v) is 5.18. The van der Waals surface area contributed by atoms with Gasteiger partial charge in [-0.25, -0.2) is 4.39 Å². The molecule has 2 atom stereocenters. The number of thioether (sulfide) groups is 1. The van der Waals surface area contributed by atoms with Crippen LogP contribution < -0.4 is 0 Å². The molecule has 4 heteroatoms. The summed E-state index contributed by atoms with van der Waals surface area (Å²) in [6.45, 7) is 0. The SMILES string of the molecule is COC(=O)CC[C@@H]1CSC[C@H]1F. The lowest BCUT2D eigenvalue weighted by molar-refractivity contribution is -0.140. The quantitative estimate of drug-likeness (QED) is 0.636. The summed E-state index contributed by atoms with van der Waals surface area (Å²) in [6.07, 6.45) is 0.253. The third kappa shape index (κ3) is 2.66. The molecule has 0 bridgehead atoms. The van der Waals surface area contributed by atoms with Crippen molar-refractivity contribution in [2.45, 2.75) is 19.0 Å². The zero-order valence-corrected chi connectivity index (χ0v) is 7.90. The fourth-order valence-corrected chi connectivity index (χ4v) is 2.55. The van der Waals surface area contributed by atoms with E-state index in [0.717, 1.165) is 5.75 Å². The summed E-state index contributed by atoms with van der Waals surface area (Å²) >= 11 is 1.62. The maximum Gasteiger partial charge on any atom is 0.305 e. The number of ether oxygens (including phenoxy) is 1. The molecule has 12 heavy (non-hydrogen) atoms. The van der Waals surface area contributed by atoms with Crippen LogP contribution in [0.25, 0.3) is 0 Å². The molecule has 0 aromatic rings. The molecule has 0 unspecified atom stereocenters. The Bertz CT molecular complexity index is 163. The molecule has 0 aromatic heterocycles. The lowest BCUT2D eigenvalue weighted by Crippen LogP contribution is -2.14. The number of carbonyl (C=O) groups excluding carboxylic acids is 1. The highest BCUT2D eigenvalue weighted by Crippen LogP contribution is 2.29.